The molecule has 0 atom stereocenters. The van der Waals surface area contributed by atoms with Crippen molar-refractivity contribution in [2.24, 2.45) is 0 Å². The first-order valence-corrected chi connectivity index (χ1v) is 8.21. The van der Waals surface area contributed by atoms with Gasteiger partial charge < -0.3 is 10.1 Å². The Morgan fingerprint density at radius 3 is 2.08 bits per heavy atom. The molecular formula is C20H24N2O3. The number of carbonyl (C=O) groups excluding carboxylic acids is 2. The summed E-state index contributed by atoms with van der Waals surface area (Å²) in [5.41, 5.74) is 0.982. The first-order valence-electron chi connectivity index (χ1n) is 8.21. The topological polar surface area (TPSA) is 58.6 Å². The third-order valence-electron chi connectivity index (χ3n) is 3.32. The summed E-state index contributed by atoms with van der Waals surface area (Å²) in [4.78, 5) is 26.1. The van der Waals surface area contributed by atoms with Gasteiger partial charge in [0.25, 0.3) is 0 Å². The number of rotatable bonds is 5. The van der Waals surface area contributed by atoms with Gasteiger partial charge in [-0.25, -0.2) is 4.79 Å². The summed E-state index contributed by atoms with van der Waals surface area (Å²) in [6, 6.07) is 18.6. The number of hydrogen-bond acceptors (Lipinski definition) is 3. The summed E-state index contributed by atoms with van der Waals surface area (Å²) in [6.45, 7) is 5.69. The van der Waals surface area contributed by atoms with Crippen LogP contribution < -0.4 is 10.2 Å². The van der Waals surface area contributed by atoms with Crippen LogP contribution in [0.3, 0.4) is 0 Å². The molecule has 2 rings (SSSR count). The molecule has 132 valence electrons. The third kappa shape index (κ3) is 6.30. The number of carbonyl (C=O) groups is 2. The summed E-state index contributed by atoms with van der Waals surface area (Å²) in [5.74, 6) is -0.251. The van der Waals surface area contributed by atoms with Crippen molar-refractivity contribution in [2.45, 2.75) is 32.9 Å². The summed E-state index contributed by atoms with van der Waals surface area (Å²) in [6.07, 6.45) is -0.548. The van der Waals surface area contributed by atoms with Gasteiger partial charge in [-0.3, -0.25) is 9.69 Å². The molecular weight excluding hydrogens is 316 g/mol. The fraction of sp³-hybridized carbons (Fsp3) is 0.300. The van der Waals surface area contributed by atoms with E-state index in [2.05, 4.69) is 5.32 Å². The van der Waals surface area contributed by atoms with Gasteiger partial charge in [0.15, 0.2) is 0 Å². The first kappa shape index (κ1) is 18.5. The quantitative estimate of drug-likeness (QED) is 0.902. The van der Waals surface area contributed by atoms with E-state index in [0.717, 1.165) is 5.56 Å². The number of nitrogens with one attached hydrogen (secondary N) is 1. The van der Waals surface area contributed by atoms with E-state index in [1.54, 1.807) is 32.9 Å². The number of benzene rings is 2. The van der Waals surface area contributed by atoms with E-state index in [0.29, 0.717) is 12.2 Å². The molecule has 25 heavy (non-hydrogen) atoms. The molecule has 0 unspecified atom stereocenters. The predicted octanol–water partition coefficient (Wildman–Crippen LogP) is 3.74. The van der Waals surface area contributed by atoms with Crippen molar-refractivity contribution in [1.29, 1.82) is 0 Å². The maximum absolute atomic E-state index is 12.5. The maximum atomic E-state index is 12.5. The summed E-state index contributed by atoms with van der Waals surface area (Å²) in [5, 5.41) is 2.83. The van der Waals surface area contributed by atoms with E-state index in [1.807, 2.05) is 48.5 Å². The minimum Gasteiger partial charge on any atom is -0.443 e. The Kier molecular flexibility index (Phi) is 6.17. The molecule has 0 saturated carbocycles. The van der Waals surface area contributed by atoms with Gasteiger partial charge in [0.05, 0.1) is 0 Å². The molecule has 0 heterocycles. The molecule has 2 aromatic rings. The molecule has 0 aromatic heterocycles. The third-order valence-corrected chi connectivity index (χ3v) is 3.32. The molecule has 2 amide bonds. The van der Waals surface area contributed by atoms with Crippen LogP contribution >= 0.6 is 0 Å². The Bertz CT molecular complexity index is 694. The number of para-hydroxylation sites is 1. The van der Waals surface area contributed by atoms with E-state index in [4.69, 9.17) is 4.74 Å². The van der Waals surface area contributed by atoms with Crippen LogP contribution in [-0.4, -0.2) is 24.1 Å². The zero-order valence-electron chi connectivity index (χ0n) is 14.9. The summed E-state index contributed by atoms with van der Waals surface area (Å²) >= 11 is 0. The van der Waals surface area contributed by atoms with Crippen LogP contribution in [0.4, 0.5) is 10.5 Å². The second-order valence-electron chi connectivity index (χ2n) is 6.66. The van der Waals surface area contributed by atoms with Crippen molar-refractivity contribution < 1.29 is 14.3 Å². The standard InChI is InChI=1S/C20H24N2O3/c1-20(2,3)25-19(24)22(17-12-8-5-9-13-17)15-18(23)21-14-16-10-6-4-7-11-16/h4-13H,14-15H2,1-3H3,(H,21,23). The first-order chi connectivity index (χ1) is 11.8. The number of anilines is 1. The highest BCUT2D eigenvalue weighted by Gasteiger charge is 2.25. The monoisotopic (exact) mass is 340 g/mol. The van der Waals surface area contributed by atoms with E-state index in [-0.39, 0.29) is 12.5 Å². The highest BCUT2D eigenvalue weighted by molar-refractivity contribution is 5.95. The highest BCUT2D eigenvalue weighted by Crippen LogP contribution is 2.17. The van der Waals surface area contributed by atoms with Crippen molar-refractivity contribution in [3.05, 3.63) is 66.2 Å². The number of ether oxygens (including phenoxy) is 1. The molecule has 5 heteroatoms. The van der Waals surface area contributed by atoms with E-state index in [1.165, 1.54) is 4.90 Å². The molecule has 1 N–H and O–H groups in total. The van der Waals surface area contributed by atoms with Gasteiger partial charge in [-0.1, -0.05) is 48.5 Å². The lowest BCUT2D eigenvalue weighted by Crippen LogP contribution is -2.43. The lowest BCUT2D eigenvalue weighted by molar-refractivity contribution is -0.120. The predicted molar refractivity (Wildman–Crippen MR) is 98.3 cm³/mol. The van der Waals surface area contributed by atoms with Crippen LogP contribution in [0.2, 0.25) is 0 Å². The summed E-state index contributed by atoms with van der Waals surface area (Å²) < 4.78 is 5.42. The van der Waals surface area contributed by atoms with Gasteiger partial charge in [0, 0.05) is 12.2 Å². The Morgan fingerprint density at radius 2 is 1.52 bits per heavy atom. The van der Waals surface area contributed by atoms with Gasteiger partial charge in [0.2, 0.25) is 5.91 Å². The second kappa shape index (κ2) is 8.33. The molecule has 5 nitrogen and oxygen atoms in total. The van der Waals surface area contributed by atoms with Crippen LogP contribution in [0.1, 0.15) is 26.3 Å². The molecule has 0 aliphatic heterocycles. The van der Waals surface area contributed by atoms with Gasteiger partial charge in [0.1, 0.15) is 12.1 Å². The molecule has 0 aliphatic carbocycles. The molecule has 0 radical (unpaired) electrons. The SMILES string of the molecule is CC(C)(C)OC(=O)N(CC(=O)NCc1ccccc1)c1ccccc1. The van der Waals surface area contributed by atoms with Crippen molar-refractivity contribution in [2.75, 3.05) is 11.4 Å². The van der Waals surface area contributed by atoms with Crippen LogP contribution in [0, 0.1) is 0 Å². The van der Waals surface area contributed by atoms with Crippen molar-refractivity contribution >= 4 is 17.7 Å². The van der Waals surface area contributed by atoms with E-state index < -0.39 is 11.7 Å². The van der Waals surface area contributed by atoms with Crippen LogP contribution in [0.25, 0.3) is 0 Å². The molecule has 0 spiro atoms. The molecule has 0 fully saturated rings. The Balaban J connectivity index is 2.05. The number of nitrogens with zero attached hydrogens (tertiary/aromatic N) is 1. The van der Waals surface area contributed by atoms with Gasteiger partial charge in [-0.2, -0.15) is 0 Å². The van der Waals surface area contributed by atoms with Crippen molar-refractivity contribution in [3.8, 4) is 0 Å². The molecule has 2 aromatic carbocycles. The van der Waals surface area contributed by atoms with Crippen LogP contribution in [0.15, 0.2) is 60.7 Å². The van der Waals surface area contributed by atoms with Gasteiger partial charge >= 0.3 is 6.09 Å². The fourth-order valence-corrected chi connectivity index (χ4v) is 2.18. The lowest BCUT2D eigenvalue weighted by atomic mass is 10.2. The van der Waals surface area contributed by atoms with E-state index in [9.17, 15) is 9.59 Å². The van der Waals surface area contributed by atoms with Crippen molar-refractivity contribution in [1.82, 2.24) is 5.32 Å². The minimum absolute atomic E-state index is 0.105. The van der Waals surface area contributed by atoms with Crippen LogP contribution in [-0.2, 0) is 16.1 Å². The Morgan fingerprint density at radius 1 is 0.960 bits per heavy atom. The lowest BCUT2D eigenvalue weighted by Gasteiger charge is -2.27. The zero-order chi connectivity index (χ0) is 18.3. The number of hydrogen-bond donors (Lipinski definition) is 1. The maximum Gasteiger partial charge on any atom is 0.415 e. The normalized spacial score (nSPS) is 10.8. The van der Waals surface area contributed by atoms with E-state index >= 15 is 0 Å². The number of amides is 2. The van der Waals surface area contributed by atoms with Crippen molar-refractivity contribution in [3.63, 3.8) is 0 Å². The second-order valence-corrected chi connectivity index (χ2v) is 6.66. The average Bonchev–Trinajstić information content (AvgIpc) is 2.58. The summed E-state index contributed by atoms with van der Waals surface area (Å²) in [7, 11) is 0. The largest absolute Gasteiger partial charge is 0.443 e. The Labute approximate surface area is 148 Å². The highest BCUT2D eigenvalue weighted by atomic mass is 16.6. The van der Waals surface area contributed by atoms with Gasteiger partial charge in [-0.05, 0) is 38.5 Å². The Hall–Kier alpha value is -2.82. The zero-order valence-corrected chi connectivity index (χ0v) is 14.9. The molecule has 0 aliphatic rings. The van der Waals surface area contributed by atoms with Gasteiger partial charge in [-0.15, -0.1) is 0 Å². The minimum atomic E-state index is -0.634. The average molecular weight is 340 g/mol. The smallest absolute Gasteiger partial charge is 0.415 e. The fourth-order valence-electron chi connectivity index (χ4n) is 2.18. The van der Waals surface area contributed by atoms with Crippen LogP contribution in [0.5, 0.6) is 0 Å². The molecule has 0 bridgehead atoms. The molecule has 0 saturated heterocycles.